The van der Waals surface area contributed by atoms with Gasteiger partial charge in [-0.2, -0.15) is 10.2 Å². The first kappa shape index (κ1) is 23.3. The van der Waals surface area contributed by atoms with Crippen LogP contribution in [0.5, 0.6) is 0 Å². The summed E-state index contributed by atoms with van der Waals surface area (Å²) in [7, 11) is 0. The molecule has 2 aromatic carbocycles. The fourth-order valence-electron chi connectivity index (χ4n) is 3.08. The largest absolute Gasteiger partial charge is 0.372 e. The van der Waals surface area contributed by atoms with E-state index in [1.807, 2.05) is 24.3 Å². The van der Waals surface area contributed by atoms with Crippen LogP contribution in [-0.4, -0.2) is 43.7 Å². The zero-order valence-electron chi connectivity index (χ0n) is 18.3. The molecule has 0 unspecified atom stereocenters. The number of anilines is 2. The highest BCUT2D eigenvalue weighted by Gasteiger charge is 2.01. The molecule has 0 atom stereocenters. The van der Waals surface area contributed by atoms with Crippen LogP contribution >= 0.6 is 12.2 Å². The summed E-state index contributed by atoms with van der Waals surface area (Å²) in [6, 6.07) is 16.5. The second kappa shape index (κ2) is 12.6. The van der Waals surface area contributed by atoms with Gasteiger partial charge in [0.05, 0.1) is 12.4 Å². The van der Waals surface area contributed by atoms with E-state index >= 15 is 0 Å². The monoisotopic (exact) mass is 424 g/mol. The number of nitrogens with zero attached hydrogens (tertiary/aromatic N) is 4. The first-order valence-corrected chi connectivity index (χ1v) is 10.8. The average molecular weight is 425 g/mol. The number of thiocarbonyl (C=S) groups is 1. The van der Waals surface area contributed by atoms with Gasteiger partial charge in [-0.15, -0.1) is 0 Å². The van der Waals surface area contributed by atoms with Crippen LogP contribution < -0.4 is 20.7 Å². The normalized spacial score (nSPS) is 11.1. The van der Waals surface area contributed by atoms with E-state index in [9.17, 15) is 0 Å². The van der Waals surface area contributed by atoms with Crippen LogP contribution in [0.25, 0.3) is 0 Å². The molecule has 0 saturated carbocycles. The van der Waals surface area contributed by atoms with Crippen LogP contribution in [0.3, 0.4) is 0 Å². The van der Waals surface area contributed by atoms with Gasteiger partial charge in [0.25, 0.3) is 0 Å². The zero-order valence-corrected chi connectivity index (χ0v) is 19.1. The Morgan fingerprint density at radius 1 is 0.700 bits per heavy atom. The maximum atomic E-state index is 5.19. The molecule has 0 amide bonds. The molecule has 0 radical (unpaired) electrons. The Labute approximate surface area is 185 Å². The third kappa shape index (κ3) is 7.15. The molecule has 0 aromatic heterocycles. The molecule has 0 bridgehead atoms. The van der Waals surface area contributed by atoms with Crippen molar-refractivity contribution in [2.24, 2.45) is 10.2 Å². The van der Waals surface area contributed by atoms with Gasteiger partial charge in [-0.25, -0.2) is 0 Å². The number of benzene rings is 2. The standard InChI is InChI=1S/C23H32N6S/c1-5-28(6-2)21-13-9-19(10-14-21)17-24-26-23(30)27-25-18-20-11-15-22(16-12-20)29(7-3)8-4/h9-18H,5-8H2,1-4H3,(H2,26,27,30)/b24-17-,25-18-. The molecule has 30 heavy (non-hydrogen) atoms. The first-order chi connectivity index (χ1) is 14.6. The van der Waals surface area contributed by atoms with Crippen molar-refractivity contribution in [2.75, 3.05) is 36.0 Å². The molecule has 0 fully saturated rings. The highest BCUT2D eigenvalue weighted by atomic mass is 32.1. The fraction of sp³-hybridized carbons (Fsp3) is 0.348. The Hall–Kier alpha value is -2.93. The predicted molar refractivity (Wildman–Crippen MR) is 134 cm³/mol. The minimum Gasteiger partial charge on any atom is -0.372 e. The summed E-state index contributed by atoms with van der Waals surface area (Å²) >= 11 is 5.19. The topological polar surface area (TPSA) is 55.3 Å². The van der Waals surface area contributed by atoms with E-state index in [2.05, 4.69) is 82.8 Å². The molecule has 0 heterocycles. The maximum Gasteiger partial charge on any atom is 0.207 e. The summed E-state index contributed by atoms with van der Waals surface area (Å²) in [4.78, 5) is 4.60. The van der Waals surface area contributed by atoms with Crippen molar-refractivity contribution < 1.29 is 0 Å². The van der Waals surface area contributed by atoms with Gasteiger partial charge in [-0.3, -0.25) is 10.9 Å². The second-order valence-corrected chi connectivity index (χ2v) is 7.01. The molecule has 0 aliphatic rings. The number of hydrogen-bond acceptors (Lipinski definition) is 5. The molecule has 0 saturated heterocycles. The van der Waals surface area contributed by atoms with Crippen molar-refractivity contribution in [3.63, 3.8) is 0 Å². The first-order valence-electron chi connectivity index (χ1n) is 10.4. The fourth-order valence-corrected chi connectivity index (χ4v) is 3.18. The lowest BCUT2D eigenvalue weighted by molar-refractivity contribution is 0.866. The Morgan fingerprint density at radius 3 is 1.33 bits per heavy atom. The summed E-state index contributed by atoms with van der Waals surface area (Å²) < 4.78 is 0. The van der Waals surface area contributed by atoms with Crippen molar-refractivity contribution in [3.8, 4) is 0 Å². The van der Waals surface area contributed by atoms with Crippen LogP contribution in [-0.2, 0) is 0 Å². The van der Waals surface area contributed by atoms with E-state index in [-0.39, 0.29) is 0 Å². The third-order valence-corrected chi connectivity index (χ3v) is 4.99. The van der Waals surface area contributed by atoms with Crippen molar-refractivity contribution in [1.29, 1.82) is 0 Å². The lowest BCUT2D eigenvalue weighted by Crippen LogP contribution is -2.28. The summed E-state index contributed by atoms with van der Waals surface area (Å²) in [5.41, 5.74) is 9.97. The molecule has 6 nitrogen and oxygen atoms in total. The van der Waals surface area contributed by atoms with Crippen LogP contribution in [0.15, 0.2) is 58.7 Å². The van der Waals surface area contributed by atoms with Crippen molar-refractivity contribution in [1.82, 2.24) is 10.9 Å². The SMILES string of the molecule is CCN(CC)c1ccc(/C=N\NC(=S)N/N=C\c2ccc(N(CC)CC)cc2)cc1. The van der Waals surface area contributed by atoms with E-state index in [4.69, 9.17) is 12.2 Å². The minimum atomic E-state index is 0.335. The molecule has 2 aromatic rings. The minimum absolute atomic E-state index is 0.335. The Kier molecular flexibility index (Phi) is 9.80. The zero-order chi connectivity index (χ0) is 21.8. The summed E-state index contributed by atoms with van der Waals surface area (Å²) in [6.45, 7) is 12.6. The molecule has 7 heteroatoms. The van der Waals surface area contributed by atoms with E-state index in [1.165, 1.54) is 11.4 Å². The smallest absolute Gasteiger partial charge is 0.207 e. The lowest BCUT2D eigenvalue weighted by atomic mass is 10.2. The number of rotatable bonds is 10. The highest BCUT2D eigenvalue weighted by molar-refractivity contribution is 7.80. The van der Waals surface area contributed by atoms with Gasteiger partial charge in [0.1, 0.15) is 0 Å². The van der Waals surface area contributed by atoms with Crippen molar-refractivity contribution in [2.45, 2.75) is 27.7 Å². The number of hydrazone groups is 2. The lowest BCUT2D eigenvalue weighted by Gasteiger charge is -2.20. The molecule has 0 spiro atoms. The maximum absolute atomic E-state index is 5.19. The molecule has 2 N–H and O–H groups in total. The van der Waals surface area contributed by atoms with Crippen LogP contribution in [0, 0.1) is 0 Å². The number of nitrogens with one attached hydrogen (secondary N) is 2. The van der Waals surface area contributed by atoms with Gasteiger partial charge in [0.2, 0.25) is 5.11 Å². The Balaban J connectivity index is 1.80. The summed E-state index contributed by atoms with van der Waals surface area (Å²) in [5, 5.41) is 8.66. The summed E-state index contributed by atoms with van der Waals surface area (Å²) in [5.74, 6) is 0. The van der Waals surface area contributed by atoms with Crippen LogP contribution in [0.1, 0.15) is 38.8 Å². The Morgan fingerprint density at radius 2 is 1.03 bits per heavy atom. The van der Waals surface area contributed by atoms with E-state index < -0.39 is 0 Å². The second-order valence-electron chi connectivity index (χ2n) is 6.60. The average Bonchev–Trinajstić information content (AvgIpc) is 2.77. The van der Waals surface area contributed by atoms with Gasteiger partial charge >= 0.3 is 0 Å². The van der Waals surface area contributed by atoms with E-state index in [0.717, 1.165) is 37.3 Å². The van der Waals surface area contributed by atoms with E-state index in [1.54, 1.807) is 12.4 Å². The summed E-state index contributed by atoms with van der Waals surface area (Å²) in [6.07, 6.45) is 3.46. The van der Waals surface area contributed by atoms with Crippen molar-refractivity contribution >= 4 is 41.1 Å². The number of hydrogen-bond donors (Lipinski definition) is 2. The molecule has 0 aliphatic heterocycles. The molecular weight excluding hydrogens is 392 g/mol. The van der Waals surface area contributed by atoms with Crippen molar-refractivity contribution in [3.05, 3.63) is 59.7 Å². The van der Waals surface area contributed by atoms with Gasteiger partial charge in [0, 0.05) is 37.6 Å². The molecule has 160 valence electrons. The van der Waals surface area contributed by atoms with Gasteiger partial charge in [-0.1, -0.05) is 24.3 Å². The van der Waals surface area contributed by atoms with Gasteiger partial charge in [0.15, 0.2) is 0 Å². The van der Waals surface area contributed by atoms with Crippen LogP contribution in [0.2, 0.25) is 0 Å². The Bertz CT molecular complexity index is 752. The molecule has 2 rings (SSSR count). The van der Waals surface area contributed by atoms with Crippen LogP contribution in [0.4, 0.5) is 11.4 Å². The molecular formula is C23H32N6S. The molecule has 0 aliphatic carbocycles. The van der Waals surface area contributed by atoms with Gasteiger partial charge < -0.3 is 9.80 Å². The van der Waals surface area contributed by atoms with E-state index in [0.29, 0.717) is 5.11 Å². The highest BCUT2D eigenvalue weighted by Crippen LogP contribution is 2.14. The third-order valence-electron chi connectivity index (χ3n) is 4.80. The van der Waals surface area contributed by atoms with Gasteiger partial charge in [-0.05, 0) is 75.3 Å². The predicted octanol–water partition coefficient (Wildman–Crippen LogP) is 4.21. The quantitative estimate of drug-likeness (QED) is 0.340.